The Labute approximate surface area is 106 Å². The average Bonchev–Trinajstić information content (AvgIpc) is 2.83. The van der Waals surface area contributed by atoms with Crippen LogP contribution < -0.4 is 0 Å². The number of pyridine rings is 1. The van der Waals surface area contributed by atoms with Crippen molar-refractivity contribution >= 4 is 11.6 Å². The van der Waals surface area contributed by atoms with E-state index in [1.54, 1.807) is 6.20 Å². The number of nitrogens with zero attached hydrogens (tertiary/aromatic N) is 4. The van der Waals surface area contributed by atoms with Crippen molar-refractivity contribution in [1.29, 1.82) is 0 Å². The highest BCUT2D eigenvalue weighted by atomic mass is 35.5. The molecule has 2 rings (SSSR count). The lowest BCUT2D eigenvalue weighted by Crippen LogP contribution is -2.02. The molecule has 0 aliphatic carbocycles. The summed E-state index contributed by atoms with van der Waals surface area (Å²) in [5.74, 6) is 0.669. The molecule has 0 aromatic carbocycles. The molecule has 17 heavy (non-hydrogen) atoms. The van der Waals surface area contributed by atoms with E-state index in [0.29, 0.717) is 5.88 Å². The predicted molar refractivity (Wildman–Crippen MR) is 67.0 cm³/mol. The van der Waals surface area contributed by atoms with Gasteiger partial charge in [-0.2, -0.15) is 0 Å². The second kappa shape index (κ2) is 6.35. The number of alkyl halides is 1. The molecule has 0 saturated carbocycles. The van der Waals surface area contributed by atoms with Crippen LogP contribution in [0, 0.1) is 0 Å². The van der Waals surface area contributed by atoms with Gasteiger partial charge in [-0.05, 0) is 30.9 Å². The summed E-state index contributed by atoms with van der Waals surface area (Å²) in [6.07, 6.45) is 8.42. The highest BCUT2D eigenvalue weighted by Gasteiger charge is 2.00. The van der Waals surface area contributed by atoms with E-state index in [1.165, 1.54) is 5.56 Å². The zero-order valence-electron chi connectivity index (χ0n) is 9.59. The average molecular weight is 251 g/mol. The highest BCUT2D eigenvalue weighted by Crippen LogP contribution is 2.02. The molecule has 0 amide bonds. The normalized spacial score (nSPS) is 10.6. The maximum absolute atomic E-state index is 5.64. The van der Waals surface area contributed by atoms with Crippen LogP contribution in [0.3, 0.4) is 0 Å². The summed E-state index contributed by atoms with van der Waals surface area (Å²) >= 11 is 5.64. The lowest BCUT2D eigenvalue weighted by atomic mass is 10.2. The van der Waals surface area contributed by atoms with Gasteiger partial charge in [0.15, 0.2) is 0 Å². The van der Waals surface area contributed by atoms with E-state index in [-0.39, 0.29) is 0 Å². The molecule has 4 nitrogen and oxygen atoms in total. The number of hydrogen-bond donors (Lipinski definition) is 0. The molecule has 0 atom stereocenters. The van der Waals surface area contributed by atoms with Gasteiger partial charge in [0.2, 0.25) is 0 Å². The molecular formula is C12H15ClN4. The minimum atomic E-state index is 0.669. The first-order valence-electron chi connectivity index (χ1n) is 5.72. The topological polar surface area (TPSA) is 43.6 Å². The van der Waals surface area contributed by atoms with Crippen molar-refractivity contribution in [3.8, 4) is 0 Å². The van der Waals surface area contributed by atoms with Gasteiger partial charge in [-0.3, -0.25) is 9.67 Å². The minimum Gasteiger partial charge on any atom is -0.264 e. The Morgan fingerprint density at radius 2 is 2.24 bits per heavy atom. The van der Waals surface area contributed by atoms with E-state index < -0.39 is 0 Å². The van der Waals surface area contributed by atoms with Gasteiger partial charge in [0.25, 0.3) is 0 Å². The Bertz CT molecular complexity index is 441. The molecule has 0 aliphatic heterocycles. The Balaban J connectivity index is 1.85. The predicted octanol–water partition coefficient (Wildman–Crippen LogP) is 2.09. The third kappa shape index (κ3) is 3.82. The van der Waals surface area contributed by atoms with E-state index in [4.69, 9.17) is 11.6 Å². The van der Waals surface area contributed by atoms with Crippen molar-refractivity contribution in [3.63, 3.8) is 0 Å². The van der Waals surface area contributed by atoms with E-state index in [0.717, 1.165) is 31.5 Å². The zero-order chi connectivity index (χ0) is 11.9. The fourth-order valence-corrected chi connectivity index (χ4v) is 1.73. The van der Waals surface area contributed by atoms with Crippen LogP contribution in [0.5, 0.6) is 0 Å². The molecule has 2 heterocycles. The van der Waals surface area contributed by atoms with Crippen LogP contribution in [0.2, 0.25) is 0 Å². The fourth-order valence-electron chi connectivity index (χ4n) is 1.60. The second-order valence-electron chi connectivity index (χ2n) is 3.88. The SMILES string of the molecule is ClCCCc1cn(CCc2cccnc2)nn1. The first-order chi connectivity index (χ1) is 8.38. The first-order valence-corrected chi connectivity index (χ1v) is 6.26. The lowest BCUT2D eigenvalue weighted by Gasteiger charge is -1.99. The Kier molecular flexibility index (Phi) is 4.50. The van der Waals surface area contributed by atoms with Gasteiger partial charge in [0.1, 0.15) is 0 Å². The molecule has 0 saturated heterocycles. The molecular weight excluding hydrogens is 236 g/mol. The first kappa shape index (κ1) is 12.0. The number of halogens is 1. The van der Waals surface area contributed by atoms with Crippen molar-refractivity contribution in [1.82, 2.24) is 20.0 Å². The molecule has 90 valence electrons. The third-order valence-electron chi connectivity index (χ3n) is 2.51. The number of aromatic nitrogens is 4. The van der Waals surface area contributed by atoms with Crippen LogP contribution in [0.15, 0.2) is 30.7 Å². The molecule has 0 spiro atoms. The second-order valence-corrected chi connectivity index (χ2v) is 4.25. The van der Waals surface area contributed by atoms with Crippen LogP contribution in [0.1, 0.15) is 17.7 Å². The van der Waals surface area contributed by atoms with E-state index in [2.05, 4.69) is 21.4 Å². The summed E-state index contributed by atoms with van der Waals surface area (Å²) in [6.45, 7) is 0.833. The van der Waals surface area contributed by atoms with E-state index in [1.807, 2.05) is 23.1 Å². The van der Waals surface area contributed by atoms with Gasteiger partial charge in [-0.15, -0.1) is 16.7 Å². The fraction of sp³-hybridized carbons (Fsp3) is 0.417. The third-order valence-corrected chi connectivity index (χ3v) is 2.77. The lowest BCUT2D eigenvalue weighted by molar-refractivity contribution is 0.588. The Morgan fingerprint density at radius 1 is 1.29 bits per heavy atom. The standard InChI is InChI=1S/C12H15ClN4/c13-6-1-4-12-10-17(16-15-12)8-5-11-3-2-7-14-9-11/h2-3,7,9-10H,1,4-6,8H2. The molecule has 0 aliphatic rings. The summed E-state index contributed by atoms with van der Waals surface area (Å²) in [5, 5.41) is 8.19. The minimum absolute atomic E-state index is 0.669. The maximum Gasteiger partial charge on any atom is 0.0827 e. The molecule has 5 heteroatoms. The number of hydrogen-bond acceptors (Lipinski definition) is 3. The van der Waals surface area contributed by atoms with E-state index in [9.17, 15) is 0 Å². The quantitative estimate of drug-likeness (QED) is 0.738. The van der Waals surface area contributed by atoms with Crippen LogP contribution in [0.4, 0.5) is 0 Å². The molecule has 2 aromatic rings. The van der Waals surface area contributed by atoms with Gasteiger partial charge in [0, 0.05) is 31.0 Å². The van der Waals surface area contributed by atoms with Gasteiger partial charge in [-0.25, -0.2) is 0 Å². The summed E-state index contributed by atoms with van der Waals surface area (Å²) in [4.78, 5) is 4.08. The highest BCUT2D eigenvalue weighted by molar-refractivity contribution is 6.17. The van der Waals surface area contributed by atoms with Crippen molar-refractivity contribution in [2.24, 2.45) is 0 Å². The van der Waals surface area contributed by atoms with Gasteiger partial charge < -0.3 is 0 Å². The van der Waals surface area contributed by atoms with Crippen molar-refractivity contribution < 1.29 is 0 Å². The van der Waals surface area contributed by atoms with Crippen LogP contribution in [-0.2, 0) is 19.4 Å². The number of rotatable bonds is 6. The Hall–Kier alpha value is -1.42. The van der Waals surface area contributed by atoms with Gasteiger partial charge >= 0.3 is 0 Å². The van der Waals surface area contributed by atoms with Gasteiger partial charge in [-0.1, -0.05) is 11.3 Å². The van der Waals surface area contributed by atoms with Crippen molar-refractivity contribution in [2.75, 3.05) is 5.88 Å². The Morgan fingerprint density at radius 3 is 3.00 bits per heavy atom. The van der Waals surface area contributed by atoms with Crippen LogP contribution in [0.25, 0.3) is 0 Å². The smallest absolute Gasteiger partial charge is 0.0827 e. The molecule has 2 aromatic heterocycles. The number of aryl methyl sites for hydroxylation is 3. The largest absolute Gasteiger partial charge is 0.264 e. The van der Waals surface area contributed by atoms with Crippen molar-refractivity contribution in [3.05, 3.63) is 42.0 Å². The zero-order valence-corrected chi connectivity index (χ0v) is 10.3. The van der Waals surface area contributed by atoms with Crippen LogP contribution >= 0.6 is 11.6 Å². The van der Waals surface area contributed by atoms with Crippen LogP contribution in [-0.4, -0.2) is 25.9 Å². The summed E-state index contributed by atoms with van der Waals surface area (Å²) in [5.41, 5.74) is 2.22. The molecule has 0 N–H and O–H groups in total. The molecule has 0 unspecified atom stereocenters. The molecule has 0 bridgehead atoms. The van der Waals surface area contributed by atoms with Gasteiger partial charge in [0.05, 0.1) is 5.69 Å². The van der Waals surface area contributed by atoms with Crippen molar-refractivity contribution in [2.45, 2.75) is 25.8 Å². The molecule has 0 fully saturated rings. The maximum atomic E-state index is 5.64. The summed E-state index contributed by atoms with van der Waals surface area (Å²) in [7, 11) is 0. The monoisotopic (exact) mass is 250 g/mol. The summed E-state index contributed by atoms with van der Waals surface area (Å²) < 4.78 is 1.87. The van der Waals surface area contributed by atoms with E-state index >= 15 is 0 Å². The summed E-state index contributed by atoms with van der Waals surface area (Å²) in [6, 6.07) is 4.01. The molecule has 0 radical (unpaired) electrons.